The molecule has 0 heterocycles. The lowest BCUT2D eigenvalue weighted by Crippen LogP contribution is -1.88. The molecule has 0 amide bonds. The Morgan fingerprint density at radius 1 is 0.800 bits per heavy atom. The van der Waals surface area contributed by atoms with Crippen molar-refractivity contribution < 1.29 is 4.39 Å². The van der Waals surface area contributed by atoms with Gasteiger partial charge in [0.2, 0.25) is 0 Å². The van der Waals surface area contributed by atoms with Gasteiger partial charge >= 0.3 is 0 Å². The maximum Gasteiger partial charge on any atom is 0.138 e. The smallest absolute Gasteiger partial charge is 0.138 e. The van der Waals surface area contributed by atoms with Crippen LogP contribution in [0, 0.1) is 17.7 Å². The van der Waals surface area contributed by atoms with E-state index < -0.39 is 0 Å². The summed E-state index contributed by atoms with van der Waals surface area (Å²) in [5.74, 6) is 6.19. The maximum atomic E-state index is 15.1. The Balaban J connectivity index is 1.59. The quantitative estimate of drug-likeness (QED) is 0.297. The molecule has 0 atom stereocenters. The number of rotatable bonds is 4. The molecule has 0 aliphatic carbocycles. The number of halogens is 2. The first-order valence-electron chi connectivity index (χ1n) is 10.2. The van der Waals surface area contributed by atoms with E-state index in [9.17, 15) is 0 Å². The lowest BCUT2D eigenvalue weighted by molar-refractivity contribution is 0.643. The van der Waals surface area contributed by atoms with Gasteiger partial charge in [-0.05, 0) is 65.8 Å². The summed E-state index contributed by atoms with van der Waals surface area (Å²) in [6, 6.07) is 25.0. The normalized spacial score (nSPS) is 10.6. The Labute approximate surface area is 182 Å². The van der Waals surface area contributed by atoms with Gasteiger partial charge in [0, 0.05) is 27.1 Å². The zero-order chi connectivity index (χ0) is 20.9. The zero-order valence-electron chi connectivity index (χ0n) is 16.9. The molecule has 0 spiro atoms. The van der Waals surface area contributed by atoms with Gasteiger partial charge in [-0.2, -0.15) is 0 Å². The molecule has 4 aromatic rings. The zero-order valence-corrected chi connectivity index (χ0v) is 17.6. The van der Waals surface area contributed by atoms with Crippen LogP contribution in [-0.4, -0.2) is 0 Å². The van der Waals surface area contributed by atoms with E-state index in [4.69, 9.17) is 11.6 Å². The van der Waals surface area contributed by atoms with Gasteiger partial charge in [0.1, 0.15) is 5.82 Å². The summed E-state index contributed by atoms with van der Waals surface area (Å²) in [6.45, 7) is 2.20. The molecule has 30 heavy (non-hydrogen) atoms. The van der Waals surface area contributed by atoms with Crippen molar-refractivity contribution in [2.24, 2.45) is 0 Å². The van der Waals surface area contributed by atoms with E-state index in [2.05, 4.69) is 43.0 Å². The van der Waals surface area contributed by atoms with Gasteiger partial charge in [0.25, 0.3) is 0 Å². The average molecular weight is 413 g/mol. The Bertz CT molecular complexity index is 1230. The highest BCUT2D eigenvalue weighted by Crippen LogP contribution is 2.30. The highest BCUT2D eigenvalue weighted by atomic mass is 35.5. The van der Waals surface area contributed by atoms with Gasteiger partial charge in [-0.25, -0.2) is 4.39 Å². The standard InChI is InChI=1S/C28H22ClF/c1-2-3-4-20-5-7-21(8-6-20)9-10-22-11-17-27-24(19-22)14-18-26(28(27)30)23-12-15-25(29)16-13-23/h5-8,11-19H,2-4H2,1H3. The lowest BCUT2D eigenvalue weighted by atomic mass is 9.99. The second-order valence-corrected chi connectivity index (χ2v) is 7.86. The molecule has 148 valence electrons. The van der Waals surface area contributed by atoms with Crippen LogP contribution in [0.4, 0.5) is 4.39 Å². The van der Waals surface area contributed by atoms with Crippen LogP contribution in [0.25, 0.3) is 21.9 Å². The first-order chi connectivity index (χ1) is 14.6. The minimum Gasteiger partial charge on any atom is -0.206 e. The van der Waals surface area contributed by atoms with Crippen LogP contribution in [0.5, 0.6) is 0 Å². The highest BCUT2D eigenvalue weighted by molar-refractivity contribution is 6.30. The fourth-order valence-corrected chi connectivity index (χ4v) is 3.63. The molecule has 0 unspecified atom stereocenters. The molecule has 4 rings (SSSR count). The summed E-state index contributed by atoms with van der Waals surface area (Å²) < 4.78 is 15.1. The summed E-state index contributed by atoms with van der Waals surface area (Å²) in [5, 5.41) is 2.07. The molecule has 2 heteroatoms. The van der Waals surface area contributed by atoms with Crippen molar-refractivity contribution in [3.63, 3.8) is 0 Å². The van der Waals surface area contributed by atoms with Crippen molar-refractivity contribution in [1.29, 1.82) is 0 Å². The molecular weight excluding hydrogens is 391 g/mol. The van der Waals surface area contributed by atoms with Gasteiger partial charge in [-0.1, -0.05) is 79.3 Å². The van der Waals surface area contributed by atoms with E-state index in [1.54, 1.807) is 12.1 Å². The van der Waals surface area contributed by atoms with Crippen LogP contribution >= 0.6 is 11.6 Å². The highest BCUT2D eigenvalue weighted by Gasteiger charge is 2.09. The van der Waals surface area contributed by atoms with Crippen molar-refractivity contribution in [1.82, 2.24) is 0 Å². The van der Waals surface area contributed by atoms with Crippen LogP contribution in [0.3, 0.4) is 0 Å². The molecule has 0 saturated heterocycles. The lowest BCUT2D eigenvalue weighted by Gasteiger charge is -2.07. The van der Waals surface area contributed by atoms with Crippen LogP contribution in [0.15, 0.2) is 78.9 Å². The third-order valence-electron chi connectivity index (χ3n) is 5.23. The molecule has 0 radical (unpaired) electrons. The summed E-state index contributed by atoms with van der Waals surface area (Å²) in [4.78, 5) is 0. The Morgan fingerprint density at radius 2 is 1.50 bits per heavy atom. The monoisotopic (exact) mass is 412 g/mol. The predicted molar refractivity (Wildman–Crippen MR) is 125 cm³/mol. The summed E-state index contributed by atoms with van der Waals surface area (Å²) in [7, 11) is 0. The van der Waals surface area contributed by atoms with E-state index in [0.29, 0.717) is 16.0 Å². The second-order valence-electron chi connectivity index (χ2n) is 7.42. The largest absolute Gasteiger partial charge is 0.206 e. The molecule has 0 saturated carbocycles. The van der Waals surface area contributed by atoms with Gasteiger partial charge < -0.3 is 0 Å². The third kappa shape index (κ3) is 4.56. The number of hydrogen-bond acceptors (Lipinski definition) is 0. The molecule has 0 aromatic heterocycles. The summed E-state index contributed by atoms with van der Waals surface area (Å²) in [5.41, 5.74) is 4.59. The van der Waals surface area contributed by atoms with Crippen molar-refractivity contribution in [2.45, 2.75) is 26.2 Å². The molecular formula is C28H22ClF. The van der Waals surface area contributed by atoms with Crippen LogP contribution < -0.4 is 0 Å². The molecule has 0 N–H and O–H groups in total. The number of unbranched alkanes of at least 4 members (excludes halogenated alkanes) is 1. The van der Waals surface area contributed by atoms with Crippen LogP contribution in [0.2, 0.25) is 5.02 Å². The summed E-state index contributed by atoms with van der Waals surface area (Å²) >= 11 is 5.95. The summed E-state index contributed by atoms with van der Waals surface area (Å²) in [6.07, 6.45) is 3.52. The van der Waals surface area contributed by atoms with Gasteiger partial charge in [-0.15, -0.1) is 0 Å². The van der Waals surface area contributed by atoms with Crippen molar-refractivity contribution in [2.75, 3.05) is 0 Å². The maximum absolute atomic E-state index is 15.1. The van der Waals surface area contributed by atoms with E-state index in [1.165, 1.54) is 18.4 Å². The SMILES string of the molecule is CCCCc1ccc(C#Cc2ccc3c(F)c(-c4ccc(Cl)cc4)ccc3c2)cc1. The number of hydrogen-bond donors (Lipinski definition) is 0. The molecule has 0 nitrogen and oxygen atoms in total. The van der Waals surface area contributed by atoms with E-state index in [-0.39, 0.29) is 5.82 Å². The van der Waals surface area contributed by atoms with Crippen LogP contribution in [-0.2, 0) is 6.42 Å². The number of aryl methyl sites for hydroxylation is 1. The second kappa shape index (κ2) is 9.16. The Morgan fingerprint density at radius 3 is 2.23 bits per heavy atom. The molecule has 0 bridgehead atoms. The first kappa shape index (κ1) is 20.2. The molecule has 0 aliphatic heterocycles. The van der Waals surface area contributed by atoms with Crippen molar-refractivity contribution in [3.8, 4) is 23.0 Å². The number of benzene rings is 4. The third-order valence-corrected chi connectivity index (χ3v) is 5.49. The van der Waals surface area contributed by atoms with E-state index >= 15 is 4.39 Å². The topological polar surface area (TPSA) is 0 Å². The molecule has 0 fully saturated rings. The fraction of sp³-hybridized carbons (Fsp3) is 0.143. The minimum atomic E-state index is -0.225. The van der Waals surface area contributed by atoms with E-state index in [1.807, 2.05) is 42.5 Å². The molecule has 0 aliphatic rings. The van der Waals surface area contributed by atoms with Crippen molar-refractivity contribution >= 4 is 22.4 Å². The first-order valence-corrected chi connectivity index (χ1v) is 10.6. The molecule has 4 aromatic carbocycles. The fourth-order valence-electron chi connectivity index (χ4n) is 3.50. The average Bonchev–Trinajstić information content (AvgIpc) is 2.78. The Kier molecular flexibility index (Phi) is 6.17. The van der Waals surface area contributed by atoms with Gasteiger partial charge in [0.15, 0.2) is 0 Å². The minimum absolute atomic E-state index is 0.225. The van der Waals surface area contributed by atoms with Gasteiger partial charge in [-0.3, -0.25) is 0 Å². The number of fused-ring (bicyclic) bond motifs is 1. The van der Waals surface area contributed by atoms with Crippen LogP contribution in [0.1, 0.15) is 36.5 Å². The predicted octanol–water partition coefficient (Wildman–Crippen LogP) is 8.04. The van der Waals surface area contributed by atoms with E-state index in [0.717, 1.165) is 28.5 Å². The van der Waals surface area contributed by atoms with Gasteiger partial charge in [0.05, 0.1) is 0 Å². The van der Waals surface area contributed by atoms with Crippen molar-refractivity contribution in [3.05, 3.63) is 106 Å². The Hall–Kier alpha value is -3.08.